The third-order valence-corrected chi connectivity index (χ3v) is 5.60. The van der Waals surface area contributed by atoms with Gasteiger partial charge in [-0.1, -0.05) is 31.2 Å². The fraction of sp³-hybridized carbons (Fsp3) is 0.667. The normalized spacial score (nSPS) is 21.4. The third-order valence-electron chi connectivity index (χ3n) is 5.60. The van der Waals surface area contributed by atoms with Gasteiger partial charge in [0.05, 0.1) is 13.2 Å². The molecule has 6 nitrogen and oxygen atoms in total. The minimum Gasteiger partial charge on any atom is -0.379 e. The Kier molecular flexibility index (Phi) is 10.5. The Balaban J connectivity index is 0.00000280. The Morgan fingerprint density at radius 1 is 1.18 bits per heavy atom. The number of halogens is 1. The molecule has 1 aromatic carbocycles. The van der Waals surface area contributed by atoms with E-state index in [1.165, 1.54) is 30.5 Å². The van der Waals surface area contributed by atoms with Crippen LogP contribution < -0.4 is 10.6 Å². The highest BCUT2D eigenvalue weighted by Crippen LogP contribution is 2.15. The maximum atomic E-state index is 5.44. The number of guanidine groups is 1. The van der Waals surface area contributed by atoms with Crippen LogP contribution in [0.15, 0.2) is 29.3 Å². The summed E-state index contributed by atoms with van der Waals surface area (Å²) in [5.41, 5.74) is 2.66. The predicted molar refractivity (Wildman–Crippen MR) is 126 cm³/mol. The van der Waals surface area contributed by atoms with E-state index < -0.39 is 0 Å². The van der Waals surface area contributed by atoms with Crippen molar-refractivity contribution in [1.29, 1.82) is 0 Å². The summed E-state index contributed by atoms with van der Waals surface area (Å²) < 4.78 is 5.44. The summed E-state index contributed by atoms with van der Waals surface area (Å²) in [7, 11) is 1.84. The molecule has 1 unspecified atom stereocenters. The van der Waals surface area contributed by atoms with Crippen LogP contribution in [0.25, 0.3) is 0 Å². The molecule has 28 heavy (non-hydrogen) atoms. The number of ether oxygens (including phenoxy) is 1. The Bertz CT molecular complexity index is 606. The number of hydrogen-bond donors (Lipinski definition) is 2. The van der Waals surface area contributed by atoms with Crippen molar-refractivity contribution < 1.29 is 4.74 Å². The van der Waals surface area contributed by atoms with Crippen LogP contribution in [0.3, 0.4) is 0 Å². The number of likely N-dealkylation sites (N-methyl/N-ethyl adjacent to an activating group) is 1. The van der Waals surface area contributed by atoms with Crippen LogP contribution >= 0.6 is 24.0 Å². The van der Waals surface area contributed by atoms with Crippen LogP contribution in [0, 0.1) is 0 Å². The molecule has 2 saturated heterocycles. The lowest BCUT2D eigenvalue weighted by Crippen LogP contribution is -2.44. The summed E-state index contributed by atoms with van der Waals surface area (Å²) in [4.78, 5) is 9.39. The smallest absolute Gasteiger partial charge is 0.191 e. The molecule has 7 heteroatoms. The second kappa shape index (κ2) is 12.6. The number of aliphatic imine (C=N–C) groups is 1. The molecule has 2 N–H and O–H groups in total. The number of rotatable bonds is 7. The first-order chi connectivity index (χ1) is 13.3. The Morgan fingerprint density at radius 2 is 1.96 bits per heavy atom. The number of likely N-dealkylation sites (tertiary alicyclic amines) is 1. The van der Waals surface area contributed by atoms with E-state index >= 15 is 0 Å². The van der Waals surface area contributed by atoms with E-state index in [0.29, 0.717) is 6.04 Å². The van der Waals surface area contributed by atoms with Gasteiger partial charge >= 0.3 is 0 Å². The molecular weight excluding hydrogens is 465 g/mol. The summed E-state index contributed by atoms with van der Waals surface area (Å²) in [5.74, 6) is 0.886. The summed E-state index contributed by atoms with van der Waals surface area (Å²) in [6, 6.07) is 9.47. The quantitative estimate of drug-likeness (QED) is 0.341. The molecule has 0 spiro atoms. The highest BCUT2D eigenvalue weighted by molar-refractivity contribution is 14.0. The molecular formula is C21H36IN5O. The highest BCUT2D eigenvalue weighted by Gasteiger charge is 2.22. The zero-order valence-corrected chi connectivity index (χ0v) is 19.7. The molecule has 0 radical (unpaired) electrons. The molecule has 2 aliphatic rings. The van der Waals surface area contributed by atoms with Crippen molar-refractivity contribution in [1.82, 2.24) is 20.4 Å². The minimum absolute atomic E-state index is 0. The lowest BCUT2D eigenvalue weighted by atomic mass is 10.1. The van der Waals surface area contributed by atoms with Crippen LogP contribution in [0.2, 0.25) is 0 Å². The van der Waals surface area contributed by atoms with Gasteiger partial charge in [0.25, 0.3) is 0 Å². The molecule has 0 aromatic heterocycles. The van der Waals surface area contributed by atoms with Crippen molar-refractivity contribution in [2.75, 3.05) is 53.0 Å². The van der Waals surface area contributed by atoms with E-state index in [-0.39, 0.29) is 24.0 Å². The van der Waals surface area contributed by atoms with Gasteiger partial charge in [0.2, 0.25) is 0 Å². The van der Waals surface area contributed by atoms with E-state index in [4.69, 9.17) is 4.74 Å². The molecule has 2 aliphatic heterocycles. The van der Waals surface area contributed by atoms with Gasteiger partial charge < -0.3 is 15.4 Å². The van der Waals surface area contributed by atoms with Crippen molar-refractivity contribution in [3.63, 3.8) is 0 Å². The zero-order chi connectivity index (χ0) is 18.9. The summed E-state index contributed by atoms with van der Waals surface area (Å²) in [6.45, 7) is 11.1. The summed E-state index contributed by atoms with van der Waals surface area (Å²) in [5, 5.41) is 6.96. The number of hydrogen-bond acceptors (Lipinski definition) is 4. The van der Waals surface area contributed by atoms with E-state index in [1.54, 1.807) is 0 Å². The second-order valence-corrected chi connectivity index (χ2v) is 7.44. The molecule has 0 bridgehead atoms. The maximum Gasteiger partial charge on any atom is 0.191 e. The average Bonchev–Trinajstić information content (AvgIpc) is 3.17. The van der Waals surface area contributed by atoms with Crippen LogP contribution in [-0.4, -0.2) is 74.8 Å². The highest BCUT2D eigenvalue weighted by atomic mass is 127. The molecule has 0 aliphatic carbocycles. The molecule has 2 fully saturated rings. The van der Waals surface area contributed by atoms with Gasteiger partial charge in [-0.05, 0) is 37.1 Å². The minimum atomic E-state index is 0. The van der Waals surface area contributed by atoms with E-state index in [9.17, 15) is 0 Å². The van der Waals surface area contributed by atoms with Crippen molar-refractivity contribution in [2.45, 2.75) is 38.9 Å². The fourth-order valence-corrected chi connectivity index (χ4v) is 4.02. The first-order valence-corrected chi connectivity index (χ1v) is 10.3. The lowest BCUT2D eigenvalue weighted by molar-refractivity contribution is 0.0342. The standard InChI is InChI=1S/C21H35N5O.HI/c1-3-26-9-5-8-20(26)16-24-21(22-2)23-15-18-6-4-7-19(14-18)17-25-10-12-27-13-11-25;/h4,6-7,14,20H,3,5,8-13,15-17H2,1-2H3,(H2,22,23,24);1H. The Labute approximate surface area is 187 Å². The van der Waals surface area contributed by atoms with E-state index in [1.807, 2.05) is 7.05 Å². The van der Waals surface area contributed by atoms with Gasteiger partial charge in [-0.2, -0.15) is 0 Å². The molecule has 0 amide bonds. The van der Waals surface area contributed by atoms with Crippen molar-refractivity contribution in [2.24, 2.45) is 4.99 Å². The monoisotopic (exact) mass is 501 g/mol. The lowest BCUT2D eigenvalue weighted by Gasteiger charge is -2.26. The number of benzene rings is 1. The Hall–Kier alpha value is -0.900. The fourth-order valence-electron chi connectivity index (χ4n) is 4.02. The topological polar surface area (TPSA) is 52.1 Å². The molecule has 2 heterocycles. The van der Waals surface area contributed by atoms with Crippen LogP contribution in [-0.2, 0) is 17.8 Å². The number of morpholine rings is 1. The first-order valence-electron chi connectivity index (χ1n) is 10.3. The zero-order valence-electron chi connectivity index (χ0n) is 17.3. The van der Waals surface area contributed by atoms with E-state index in [0.717, 1.165) is 58.4 Å². The Morgan fingerprint density at radius 3 is 2.71 bits per heavy atom. The van der Waals surface area contributed by atoms with Gasteiger partial charge in [0, 0.05) is 45.8 Å². The molecule has 1 aromatic rings. The maximum absolute atomic E-state index is 5.44. The van der Waals surface area contributed by atoms with Crippen LogP contribution in [0.4, 0.5) is 0 Å². The summed E-state index contributed by atoms with van der Waals surface area (Å²) in [6.07, 6.45) is 2.59. The van der Waals surface area contributed by atoms with Gasteiger partial charge in [-0.25, -0.2) is 0 Å². The third kappa shape index (κ3) is 7.17. The van der Waals surface area contributed by atoms with Crippen LogP contribution in [0.5, 0.6) is 0 Å². The van der Waals surface area contributed by atoms with Crippen molar-refractivity contribution >= 4 is 29.9 Å². The van der Waals surface area contributed by atoms with Crippen molar-refractivity contribution in [3.8, 4) is 0 Å². The van der Waals surface area contributed by atoms with Crippen molar-refractivity contribution in [3.05, 3.63) is 35.4 Å². The van der Waals surface area contributed by atoms with Gasteiger partial charge in [0.15, 0.2) is 5.96 Å². The molecule has 1 atom stereocenters. The van der Waals surface area contributed by atoms with Crippen LogP contribution in [0.1, 0.15) is 30.9 Å². The molecule has 0 saturated carbocycles. The van der Waals surface area contributed by atoms with Gasteiger partial charge in [-0.3, -0.25) is 14.8 Å². The molecule has 3 rings (SSSR count). The molecule has 158 valence electrons. The first kappa shape index (κ1) is 23.4. The van der Waals surface area contributed by atoms with Gasteiger partial charge in [0.1, 0.15) is 0 Å². The average molecular weight is 501 g/mol. The SMILES string of the molecule is CCN1CCCC1CNC(=NC)NCc1cccc(CN2CCOCC2)c1.I. The largest absolute Gasteiger partial charge is 0.379 e. The summed E-state index contributed by atoms with van der Waals surface area (Å²) >= 11 is 0. The van der Waals surface area contributed by atoms with E-state index in [2.05, 4.69) is 56.6 Å². The second-order valence-electron chi connectivity index (χ2n) is 7.44. The number of nitrogens with one attached hydrogen (secondary N) is 2. The van der Waals surface area contributed by atoms with Gasteiger partial charge in [-0.15, -0.1) is 24.0 Å². The predicted octanol–water partition coefficient (Wildman–Crippen LogP) is 2.29. The number of nitrogens with zero attached hydrogens (tertiary/aromatic N) is 3.